The molecule has 0 spiro atoms. The monoisotopic (exact) mass is 382 g/mol. The van der Waals surface area contributed by atoms with Gasteiger partial charge in [0.05, 0.1) is 17.7 Å². The van der Waals surface area contributed by atoms with Crippen molar-refractivity contribution in [1.82, 2.24) is 15.1 Å². The zero-order chi connectivity index (χ0) is 20.1. The van der Waals surface area contributed by atoms with Crippen molar-refractivity contribution in [3.63, 3.8) is 0 Å². The number of halogens is 1. The molecule has 1 aliphatic heterocycles. The molecule has 0 unspecified atom stereocenters. The summed E-state index contributed by atoms with van der Waals surface area (Å²) in [5.74, 6) is -0.169. The van der Waals surface area contributed by atoms with Crippen LogP contribution in [0.5, 0.6) is 0 Å². The van der Waals surface area contributed by atoms with E-state index in [1.54, 1.807) is 36.4 Å². The van der Waals surface area contributed by atoms with Gasteiger partial charge in [0.25, 0.3) is 11.8 Å². The molecule has 1 heterocycles. The maximum Gasteiger partial charge on any atom is 0.261 e. The average molecular weight is 382 g/mol. The number of fused-ring (bicyclic) bond motifs is 1. The number of aliphatic imine (C=N–C) groups is 1. The highest BCUT2D eigenvalue weighted by atomic mass is 19.1. The molecular weight excluding hydrogens is 359 g/mol. The molecule has 0 aliphatic carbocycles. The van der Waals surface area contributed by atoms with Gasteiger partial charge in [-0.25, -0.2) is 4.39 Å². The third-order valence-corrected chi connectivity index (χ3v) is 4.49. The Morgan fingerprint density at radius 3 is 2.25 bits per heavy atom. The highest BCUT2D eigenvalue weighted by Gasteiger charge is 2.34. The summed E-state index contributed by atoms with van der Waals surface area (Å²) in [5.41, 5.74) is 1.84. The number of imide groups is 1. The van der Waals surface area contributed by atoms with Crippen LogP contribution >= 0.6 is 0 Å². The van der Waals surface area contributed by atoms with Gasteiger partial charge in [0.1, 0.15) is 5.82 Å². The first-order valence-corrected chi connectivity index (χ1v) is 9.20. The number of carbonyl (C=O) groups is 2. The zero-order valence-corrected chi connectivity index (χ0v) is 16.0. The van der Waals surface area contributed by atoms with E-state index in [1.165, 1.54) is 17.0 Å². The summed E-state index contributed by atoms with van der Waals surface area (Å²) in [6, 6.07) is 13.1. The minimum absolute atomic E-state index is 0.214. The molecule has 2 amide bonds. The maximum absolute atomic E-state index is 13.1. The van der Waals surface area contributed by atoms with Gasteiger partial charge >= 0.3 is 0 Å². The molecule has 0 saturated heterocycles. The molecule has 1 aliphatic rings. The molecule has 6 nitrogen and oxygen atoms in total. The molecule has 3 rings (SSSR count). The Bertz CT molecular complexity index is 861. The zero-order valence-electron chi connectivity index (χ0n) is 16.0. The number of rotatable bonds is 6. The summed E-state index contributed by atoms with van der Waals surface area (Å²) in [4.78, 5) is 32.5. The lowest BCUT2D eigenvalue weighted by Gasteiger charge is -2.22. The van der Waals surface area contributed by atoms with Crippen molar-refractivity contribution < 1.29 is 14.0 Å². The van der Waals surface area contributed by atoms with Crippen LogP contribution in [0.3, 0.4) is 0 Å². The van der Waals surface area contributed by atoms with Gasteiger partial charge in [0.2, 0.25) is 0 Å². The summed E-state index contributed by atoms with van der Waals surface area (Å²) >= 11 is 0. The SMILES string of the molecule is CCNC(=NCCN1C(=O)c2ccccc2C1=O)N(C)Cc1ccc(F)cc1. The Kier molecular flexibility index (Phi) is 6.03. The van der Waals surface area contributed by atoms with Crippen LogP contribution in [0.25, 0.3) is 0 Å². The van der Waals surface area contributed by atoms with Gasteiger partial charge in [0, 0.05) is 26.7 Å². The Balaban J connectivity index is 1.64. The lowest BCUT2D eigenvalue weighted by molar-refractivity contribution is 0.0659. The van der Waals surface area contributed by atoms with Crippen LogP contribution < -0.4 is 5.32 Å². The van der Waals surface area contributed by atoms with Gasteiger partial charge in [-0.2, -0.15) is 0 Å². The Morgan fingerprint density at radius 1 is 1.07 bits per heavy atom. The number of nitrogens with zero attached hydrogens (tertiary/aromatic N) is 3. The molecule has 0 bridgehead atoms. The lowest BCUT2D eigenvalue weighted by Crippen LogP contribution is -2.39. The second-order valence-electron chi connectivity index (χ2n) is 6.53. The first kappa shape index (κ1) is 19.5. The van der Waals surface area contributed by atoms with E-state index in [4.69, 9.17) is 0 Å². The molecule has 0 saturated carbocycles. The van der Waals surface area contributed by atoms with E-state index in [1.807, 2.05) is 18.9 Å². The van der Waals surface area contributed by atoms with E-state index < -0.39 is 0 Å². The van der Waals surface area contributed by atoms with Gasteiger partial charge in [-0.15, -0.1) is 0 Å². The van der Waals surface area contributed by atoms with E-state index in [9.17, 15) is 14.0 Å². The number of hydrogen-bond donors (Lipinski definition) is 1. The second kappa shape index (κ2) is 8.65. The van der Waals surface area contributed by atoms with Gasteiger partial charge in [-0.05, 0) is 36.8 Å². The summed E-state index contributed by atoms with van der Waals surface area (Å²) in [7, 11) is 1.88. The van der Waals surface area contributed by atoms with Gasteiger partial charge in [-0.1, -0.05) is 24.3 Å². The Hall–Kier alpha value is -3.22. The molecule has 0 radical (unpaired) electrons. The summed E-state index contributed by atoms with van der Waals surface area (Å²) in [6.07, 6.45) is 0. The van der Waals surface area contributed by atoms with E-state index in [0.717, 1.165) is 5.56 Å². The number of amides is 2. The first-order valence-electron chi connectivity index (χ1n) is 9.20. The van der Waals surface area contributed by atoms with Crippen molar-refractivity contribution in [3.8, 4) is 0 Å². The predicted molar refractivity (Wildman–Crippen MR) is 106 cm³/mol. The topological polar surface area (TPSA) is 65.0 Å². The number of hydrogen-bond acceptors (Lipinski definition) is 3. The number of benzene rings is 2. The van der Waals surface area contributed by atoms with Gasteiger partial charge < -0.3 is 10.2 Å². The third kappa shape index (κ3) is 4.19. The van der Waals surface area contributed by atoms with E-state index in [0.29, 0.717) is 36.7 Å². The summed E-state index contributed by atoms with van der Waals surface area (Å²) < 4.78 is 13.1. The third-order valence-electron chi connectivity index (χ3n) is 4.49. The molecule has 0 aromatic heterocycles. The maximum atomic E-state index is 13.1. The molecule has 0 fully saturated rings. The van der Waals surface area contributed by atoms with Crippen molar-refractivity contribution in [2.75, 3.05) is 26.7 Å². The Labute approximate surface area is 163 Å². The second-order valence-corrected chi connectivity index (χ2v) is 6.53. The standard InChI is InChI=1S/C21H23FN4O2/c1-3-23-21(25(2)14-15-8-10-16(22)11-9-15)24-12-13-26-19(27)17-6-4-5-7-18(17)20(26)28/h4-11H,3,12-14H2,1-2H3,(H,23,24). The normalized spacial score (nSPS) is 13.7. The van der Waals surface area contributed by atoms with Crippen molar-refractivity contribution in [1.29, 1.82) is 0 Å². The van der Waals surface area contributed by atoms with Gasteiger partial charge in [-0.3, -0.25) is 19.5 Å². The smallest absolute Gasteiger partial charge is 0.261 e. The van der Waals surface area contributed by atoms with E-state index in [2.05, 4.69) is 10.3 Å². The van der Waals surface area contributed by atoms with Crippen LogP contribution in [0.1, 0.15) is 33.2 Å². The quantitative estimate of drug-likeness (QED) is 0.474. The van der Waals surface area contributed by atoms with Crippen molar-refractivity contribution in [3.05, 3.63) is 71.0 Å². The van der Waals surface area contributed by atoms with Crippen LogP contribution in [-0.4, -0.2) is 54.3 Å². The molecule has 2 aromatic rings. The number of carbonyl (C=O) groups excluding carboxylic acids is 2. The summed E-state index contributed by atoms with van der Waals surface area (Å²) in [5, 5.41) is 3.19. The fraction of sp³-hybridized carbons (Fsp3) is 0.286. The van der Waals surface area contributed by atoms with Crippen LogP contribution in [0.15, 0.2) is 53.5 Å². The van der Waals surface area contributed by atoms with Crippen molar-refractivity contribution in [2.24, 2.45) is 4.99 Å². The molecule has 146 valence electrons. The van der Waals surface area contributed by atoms with Crippen LogP contribution in [0.4, 0.5) is 4.39 Å². The molecule has 2 aromatic carbocycles. The molecular formula is C21H23FN4O2. The van der Waals surface area contributed by atoms with Crippen LogP contribution in [-0.2, 0) is 6.54 Å². The van der Waals surface area contributed by atoms with Gasteiger partial charge in [0.15, 0.2) is 5.96 Å². The molecule has 28 heavy (non-hydrogen) atoms. The molecule has 1 N–H and O–H groups in total. The number of nitrogens with one attached hydrogen (secondary N) is 1. The fourth-order valence-corrected chi connectivity index (χ4v) is 3.11. The fourth-order valence-electron chi connectivity index (χ4n) is 3.11. The van der Waals surface area contributed by atoms with Crippen molar-refractivity contribution in [2.45, 2.75) is 13.5 Å². The summed E-state index contributed by atoms with van der Waals surface area (Å²) in [6.45, 7) is 3.71. The van der Waals surface area contributed by atoms with E-state index >= 15 is 0 Å². The van der Waals surface area contributed by atoms with E-state index in [-0.39, 0.29) is 24.2 Å². The lowest BCUT2D eigenvalue weighted by atomic mass is 10.1. The molecule has 0 atom stereocenters. The average Bonchev–Trinajstić information content (AvgIpc) is 2.94. The first-order chi connectivity index (χ1) is 13.5. The van der Waals surface area contributed by atoms with Crippen molar-refractivity contribution >= 4 is 17.8 Å². The molecule has 7 heteroatoms. The number of guanidine groups is 1. The predicted octanol–water partition coefficient (Wildman–Crippen LogP) is 2.52. The Morgan fingerprint density at radius 2 is 1.68 bits per heavy atom. The highest BCUT2D eigenvalue weighted by molar-refractivity contribution is 6.21. The minimum atomic E-state index is -0.277. The largest absolute Gasteiger partial charge is 0.357 e. The van der Waals surface area contributed by atoms with Crippen LogP contribution in [0, 0.1) is 5.82 Å². The van der Waals surface area contributed by atoms with Crippen LogP contribution in [0.2, 0.25) is 0 Å². The minimum Gasteiger partial charge on any atom is -0.357 e. The highest BCUT2D eigenvalue weighted by Crippen LogP contribution is 2.21.